The van der Waals surface area contributed by atoms with E-state index in [0.717, 1.165) is 5.69 Å². The summed E-state index contributed by atoms with van der Waals surface area (Å²) in [4.78, 5) is 4.10. The van der Waals surface area contributed by atoms with Crippen molar-refractivity contribution in [3.8, 4) is 0 Å². The van der Waals surface area contributed by atoms with Gasteiger partial charge in [0.15, 0.2) is 0 Å². The molecular formula is C10H14F2N2. The molecule has 78 valence electrons. The first-order chi connectivity index (χ1) is 6.57. The minimum atomic E-state index is -2.44. The van der Waals surface area contributed by atoms with Crippen molar-refractivity contribution in [3.63, 3.8) is 0 Å². The van der Waals surface area contributed by atoms with Crippen LogP contribution in [0.2, 0.25) is 0 Å². The second-order valence-corrected chi connectivity index (χ2v) is 4.05. The Morgan fingerprint density at radius 3 is 2.57 bits per heavy atom. The molecule has 0 saturated heterocycles. The monoisotopic (exact) mass is 200 g/mol. The lowest BCUT2D eigenvalue weighted by Crippen LogP contribution is -2.25. The number of hydrogen-bond donors (Lipinski definition) is 0. The van der Waals surface area contributed by atoms with Crippen LogP contribution in [0.15, 0.2) is 12.5 Å². The first kappa shape index (κ1) is 9.62. The highest BCUT2D eigenvalue weighted by Gasteiger charge is 2.35. The van der Waals surface area contributed by atoms with Gasteiger partial charge in [0.2, 0.25) is 5.92 Å². The lowest BCUT2D eigenvalue weighted by Gasteiger charge is -2.28. The number of imidazole rings is 1. The van der Waals surface area contributed by atoms with E-state index in [1.54, 1.807) is 6.33 Å². The zero-order valence-electron chi connectivity index (χ0n) is 8.21. The van der Waals surface area contributed by atoms with Gasteiger partial charge in [-0.15, -0.1) is 0 Å². The van der Waals surface area contributed by atoms with Gasteiger partial charge in [0, 0.05) is 25.1 Å². The van der Waals surface area contributed by atoms with Gasteiger partial charge in [-0.05, 0) is 19.8 Å². The number of nitrogens with zero attached hydrogens (tertiary/aromatic N) is 2. The van der Waals surface area contributed by atoms with Crippen molar-refractivity contribution in [2.75, 3.05) is 0 Å². The molecular weight excluding hydrogens is 186 g/mol. The standard InChI is InChI=1S/C10H14F2N2/c1-8-6-14(7-13-8)9-2-4-10(11,12)5-3-9/h6-7,9H,2-5H2,1H3. The second-order valence-electron chi connectivity index (χ2n) is 4.05. The molecule has 1 fully saturated rings. The van der Waals surface area contributed by atoms with Crippen molar-refractivity contribution >= 4 is 0 Å². The van der Waals surface area contributed by atoms with Gasteiger partial charge in [0.25, 0.3) is 0 Å². The SMILES string of the molecule is Cc1cn(C2CCC(F)(F)CC2)cn1. The maximum atomic E-state index is 12.9. The summed E-state index contributed by atoms with van der Waals surface area (Å²) < 4.78 is 27.7. The zero-order chi connectivity index (χ0) is 10.2. The fraction of sp³-hybridized carbons (Fsp3) is 0.700. The molecule has 0 aromatic carbocycles. The summed E-state index contributed by atoms with van der Waals surface area (Å²) in [5.74, 6) is -2.44. The minimum absolute atomic E-state index is 0.00882. The van der Waals surface area contributed by atoms with E-state index >= 15 is 0 Å². The summed E-state index contributed by atoms with van der Waals surface area (Å²) in [7, 11) is 0. The molecule has 2 nitrogen and oxygen atoms in total. The van der Waals surface area contributed by atoms with Gasteiger partial charge < -0.3 is 4.57 Å². The van der Waals surface area contributed by atoms with Crippen LogP contribution in [0.3, 0.4) is 0 Å². The summed E-state index contributed by atoms with van der Waals surface area (Å²) in [5, 5.41) is 0. The maximum Gasteiger partial charge on any atom is 0.248 e. The Morgan fingerprint density at radius 2 is 2.07 bits per heavy atom. The van der Waals surface area contributed by atoms with Gasteiger partial charge >= 0.3 is 0 Å². The molecule has 1 aliphatic rings. The van der Waals surface area contributed by atoms with E-state index in [1.807, 2.05) is 17.7 Å². The van der Waals surface area contributed by atoms with E-state index in [-0.39, 0.29) is 18.9 Å². The molecule has 0 bridgehead atoms. The van der Waals surface area contributed by atoms with Crippen molar-refractivity contribution < 1.29 is 8.78 Å². The fourth-order valence-electron chi connectivity index (χ4n) is 1.96. The Labute approximate surface area is 82.0 Å². The number of aryl methyl sites for hydroxylation is 1. The Balaban J connectivity index is 2.02. The number of aromatic nitrogens is 2. The number of alkyl halides is 2. The predicted molar refractivity (Wildman–Crippen MR) is 49.4 cm³/mol. The Bertz CT molecular complexity index is 310. The maximum absolute atomic E-state index is 12.9. The molecule has 4 heteroatoms. The molecule has 1 aromatic rings. The van der Waals surface area contributed by atoms with E-state index in [9.17, 15) is 8.78 Å². The third kappa shape index (κ3) is 1.94. The number of hydrogen-bond acceptors (Lipinski definition) is 1. The van der Waals surface area contributed by atoms with Crippen molar-refractivity contribution in [2.45, 2.75) is 44.6 Å². The molecule has 0 unspecified atom stereocenters. The third-order valence-electron chi connectivity index (χ3n) is 2.84. The van der Waals surface area contributed by atoms with E-state index in [2.05, 4.69) is 4.98 Å². The molecule has 2 rings (SSSR count). The fourth-order valence-corrected chi connectivity index (χ4v) is 1.96. The summed E-state index contributed by atoms with van der Waals surface area (Å²) in [6.07, 6.45) is 4.80. The normalized spacial score (nSPS) is 22.5. The predicted octanol–water partition coefficient (Wildman–Crippen LogP) is 2.94. The highest BCUT2D eigenvalue weighted by Crippen LogP contribution is 2.38. The molecule has 0 N–H and O–H groups in total. The third-order valence-corrected chi connectivity index (χ3v) is 2.84. The highest BCUT2D eigenvalue weighted by molar-refractivity contribution is 4.95. The molecule has 0 amide bonds. The van der Waals surface area contributed by atoms with Crippen LogP contribution in [0.1, 0.15) is 37.4 Å². The van der Waals surface area contributed by atoms with Crippen molar-refractivity contribution in [3.05, 3.63) is 18.2 Å². The van der Waals surface area contributed by atoms with Crippen LogP contribution < -0.4 is 0 Å². The van der Waals surface area contributed by atoms with E-state index in [0.29, 0.717) is 12.8 Å². The molecule has 1 heterocycles. The molecule has 14 heavy (non-hydrogen) atoms. The van der Waals surface area contributed by atoms with Crippen LogP contribution in [-0.2, 0) is 0 Å². The van der Waals surface area contributed by atoms with Crippen LogP contribution in [0, 0.1) is 6.92 Å². The average molecular weight is 200 g/mol. The summed E-state index contributed by atoms with van der Waals surface area (Å²) in [6, 6.07) is 0.218. The molecule has 1 aliphatic carbocycles. The number of rotatable bonds is 1. The van der Waals surface area contributed by atoms with Gasteiger partial charge in [-0.1, -0.05) is 0 Å². The van der Waals surface area contributed by atoms with Crippen LogP contribution in [0.4, 0.5) is 8.78 Å². The first-order valence-corrected chi connectivity index (χ1v) is 4.95. The quantitative estimate of drug-likeness (QED) is 0.681. The van der Waals surface area contributed by atoms with Crippen LogP contribution in [-0.4, -0.2) is 15.5 Å². The van der Waals surface area contributed by atoms with Crippen molar-refractivity contribution in [1.82, 2.24) is 9.55 Å². The lowest BCUT2D eigenvalue weighted by atomic mass is 9.92. The molecule has 0 aliphatic heterocycles. The van der Waals surface area contributed by atoms with Crippen LogP contribution in [0.5, 0.6) is 0 Å². The molecule has 1 aromatic heterocycles. The van der Waals surface area contributed by atoms with E-state index in [1.165, 1.54) is 0 Å². The van der Waals surface area contributed by atoms with Gasteiger partial charge in [-0.3, -0.25) is 0 Å². The molecule has 0 atom stereocenters. The second kappa shape index (κ2) is 3.33. The van der Waals surface area contributed by atoms with Crippen LogP contribution >= 0.6 is 0 Å². The van der Waals surface area contributed by atoms with Crippen LogP contribution in [0.25, 0.3) is 0 Å². The van der Waals surface area contributed by atoms with Gasteiger partial charge in [-0.25, -0.2) is 13.8 Å². The Morgan fingerprint density at radius 1 is 1.43 bits per heavy atom. The first-order valence-electron chi connectivity index (χ1n) is 4.95. The zero-order valence-corrected chi connectivity index (χ0v) is 8.21. The number of halogens is 2. The Kier molecular flexibility index (Phi) is 2.29. The molecule has 1 saturated carbocycles. The van der Waals surface area contributed by atoms with Crippen molar-refractivity contribution in [1.29, 1.82) is 0 Å². The summed E-state index contributed by atoms with van der Waals surface area (Å²) in [5.41, 5.74) is 0.947. The van der Waals surface area contributed by atoms with E-state index in [4.69, 9.17) is 0 Å². The average Bonchev–Trinajstić information content (AvgIpc) is 2.52. The topological polar surface area (TPSA) is 17.8 Å². The highest BCUT2D eigenvalue weighted by atomic mass is 19.3. The molecule has 0 radical (unpaired) electrons. The van der Waals surface area contributed by atoms with Gasteiger partial charge in [0.05, 0.1) is 12.0 Å². The largest absolute Gasteiger partial charge is 0.334 e. The molecule has 0 spiro atoms. The summed E-state index contributed by atoms with van der Waals surface area (Å²) >= 11 is 0. The summed E-state index contributed by atoms with van der Waals surface area (Å²) in [6.45, 7) is 1.91. The van der Waals surface area contributed by atoms with E-state index < -0.39 is 5.92 Å². The lowest BCUT2D eigenvalue weighted by molar-refractivity contribution is -0.0439. The van der Waals surface area contributed by atoms with Gasteiger partial charge in [-0.2, -0.15) is 0 Å². The van der Waals surface area contributed by atoms with Crippen molar-refractivity contribution in [2.24, 2.45) is 0 Å². The minimum Gasteiger partial charge on any atom is -0.334 e. The van der Waals surface area contributed by atoms with Gasteiger partial charge in [0.1, 0.15) is 0 Å². The smallest absolute Gasteiger partial charge is 0.248 e. The Hall–Kier alpha value is -0.930.